The van der Waals surface area contributed by atoms with Crippen molar-refractivity contribution in [3.8, 4) is 11.4 Å². The Morgan fingerprint density at radius 1 is 0.848 bits per heavy atom. The number of pyridine rings is 1. The van der Waals surface area contributed by atoms with Gasteiger partial charge in [0.05, 0.1) is 5.75 Å². The van der Waals surface area contributed by atoms with Crippen molar-refractivity contribution < 1.29 is 9.53 Å². The monoisotopic (exact) mass is 452 g/mol. The van der Waals surface area contributed by atoms with Crippen LogP contribution in [0.4, 0.5) is 0 Å². The Bertz CT molecular complexity index is 1380. The predicted molar refractivity (Wildman–Crippen MR) is 129 cm³/mol. The summed E-state index contributed by atoms with van der Waals surface area (Å²) in [6, 6.07) is 28.8. The van der Waals surface area contributed by atoms with Crippen LogP contribution < -0.4 is 4.74 Å². The number of rotatable bonds is 8. The molecule has 0 atom stereocenters. The third kappa shape index (κ3) is 4.63. The van der Waals surface area contributed by atoms with Gasteiger partial charge in [0.15, 0.2) is 16.8 Å². The van der Waals surface area contributed by atoms with Crippen LogP contribution >= 0.6 is 11.8 Å². The standard InChI is InChI=1S/C26H20N4O2S/c31-22(19-9-3-1-4-10-19)18-33-26-29-28-24(30(26)21-13-5-2-6-14-21)17-32-23-15-7-11-20-12-8-16-27-25(20)23/h1-16H,17-18H2. The first-order chi connectivity index (χ1) is 16.3. The summed E-state index contributed by atoms with van der Waals surface area (Å²) >= 11 is 1.36. The molecule has 0 N–H and O–H groups in total. The number of hydrogen-bond acceptors (Lipinski definition) is 6. The van der Waals surface area contributed by atoms with E-state index in [1.807, 2.05) is 95.6 Å². The van der Waals surface area contributed by atoms with Gasteiger partial charge in [0.2, 0.25) is 0 Å². The van der Waals surface area contributed by atoms with Crippen molar-refractivity contribution in [2.75, 3.05) is 5.75 Å². The summed E-state index contributed by atoms with van der Waals surface area (Å²) in [5.41, 5.74) is 2.39. The molecule has 3 aromatic carbocycles. The average molecular weight is 453 g/mol. The molecule has 0 fully saturated rings. The first-order valence-corrected chi connectivity index (χ1v) is 11.5. The van der Waals surface area contributed by atoms with Crippen LogP contribution in [0, 0.1) is 0 Å². The van der Waals surface area contributed by atoms with Crippen LogP contribution in [0.2, 0.25) is 0 Å². The van der Waals surface area contributed by atoms with E-state index in [1.165, 1.54) is 11.8 Å². The van der Waals surface area contributed by atoms with E-state index in [1.54, 1.807) is 6.20 Å². The topological polar surface area (TPSA) is 69.9 Å². The number of ketones is 1. The smallest absolute Gasteiger partial charge is 0.196 e. The molecule has 0 unspecified atom stereocenters. The molecular formula is C26H20N4O2S. The number of thioether (sulfide) groups is 1. The summed E-state index contributed by atoms with van der Waals surface area (Å²) in [6.45, 7) is 0.213. The lowest BCUT2D eigenvalue weighted by molar-refractivity contribution is 0.102. The average Bonchev–Trinajstić information content (AvgIpc) is 3.29. The highest BCUT2D eigenvalue weighted by Crippen LogP contribution is 2.26. The molecule has 0 bridgehead atoms. The SMILES string of the molecule is O=C(CSc1nnc(COc2cccc3cccnc23)n1-c1ccccc1)c1ccccc1. The lowest BCUT2D eigenvalue weighted by Gasteiger charge is -2.12. The van der Waals surface area contributed by atoms with Crippen molar-refractivity contribution in [3.05, 3.63) is 109 Å². The number of ether oxygens (including phenoxy) is 1. The van der Waals surface area contributed by atoms with E-state index >= 15 is 0 Å². The van der Waals surface area contributed by atoms with E-state index in [-0.39, 0.29) is 18.1 Å². The van der Waals surface area contributed by atoms with Gasteiger partial charge in [-0.1, -0.05) is 78.5 Å². The second kappa shape index (κ2) is 9.67. The van der Waals surface area contributed by atoms with Crippen LogP contribution in [-0.4, -0.2) is 31.3 Å². The lowest BCUT2D eigenvalue weighted by atomic mass is 10.2. The van der Waals surface area contributed by atoms with Gasteiger partial charge in [-0.2, -0.15) is 0 Å². The molecule has 2 heterocycles. The fraction of sp³-hybridized carbons (Fsp3) is 0.0769. The zero-order valence-electron chi connectivity index (χ0n) is 17.7. The van der Waals surface area contributed by atoms with Gasteiger partial charge in [0.25, 0.3) is 0 Å². The highest BCUT2D eigenvalue weighted by atomic mass is 32.2. The van der Waals surface area contributed by atoms with Crippen molar-refractivity contribution in [1.29, 1.82) is 0 Å². The second-order valence-corrected chi connectivity index (χ2v) is 8.21. The number of carbonyl (C=O) groups is 1. The van der Waals surface area contributed by atoms with Crippen LogP contribution in [0.1, 0.15) is 16.2 Å². The molecule has 33 heavy (non-hydrogen) atoms. The van der Waals surface area contributed by atoms with Gasteiger partial charge in [-0.25, -0.2) is 0 Å². The van der Waals surface area contributed by atoms with Crippen molar-refractivity contribution in [1.82, 2.24) is 19.7 Å². The van der Waals surface area contributed by atoms with Crippen molar-refractivity contribution >= 4 is 28.4 Å². The maximum absolute atomic E-state index is 12.6. The van der Waals surface area contributed by atoms with Crippen molar-refractivity contribution in [3.63, 3.8) is 0 Å². The Kier molecular flexibility index (Phi) is 6.12. The normalized spacial score (nSPS) is 10.9. The fourth-order valence-corrected chi connectivity index (χ4v) is 4.36. The quantitative estimate of drug-likeness (QED) is 0.233. The number of carbonyl (C=O) groups excluding carboxylic acids is 1. The van der Waals surface area contributed by atoms with Gasteiger partial charge < -0.3 is 4.74 Å². The summed E-state index contributed by atoms with van der Waals surface area (Å²) < 4.78 is 8.05. The largest absolute Gasteiger partial charge is 0.483 e. The van der Waals surface area contributed by atoms with Gasteiger partial charge in [0, 0.05) is 22.8 Å². The number of benzene rings is 3. The molecule has 2 aromatic heterocycles. The molecule has 0 aliphatic rings. The van der Waals surface area contributed by atoms with E-state index in [9.17, 15) is 4.79 Å². The zero-order chi connectivity index (χ0) is 22.5. The molecule has 0 amide bonds. The first-order valence-electron chi connectivity index (χ1n) is 10.5. The third-order valence-electron chi connectivity index (χ3n) is 5.10. The number of nitrogens with zero attached hydrogens (tertiary/aromatic N) is 4. The minimum absolute atomic E-state index is 0.0443. The molecule has 0 aliphatic carbocycles. The second-order valence-electron chi connectivity index (χ2n) is 7.27. The van der Waals surface area contributed by atoms with Gasteiger partial charge in [-0.3, -0.25) is 14.3 Å². The molecule has 0 aliphatic heterocycles. The van der Waals surface area contributed by atoms with Gasteiger partial charge >= 0.3 is 0 Å². The van der Waals surface area contributed by atoms with Crippen LogP contribution in [0.3, 0.4) is 0 Å². The Hall–Kier alpha value is -3.97. The summed E-state index contributed by atoms with van der Waals surface area (Å²) in [5, 5.41) is 10.4. The van der Waals surface area contributed by atoms with E-state index in [2.05, 4.69) is 15.2 Å². The summed E-state index contributed by atoms with van der Waals surface area (Å²) in [5.74, 6) is 1.64. The number of hydrogen-bond donors (Lipinski definition) is 0. The minimum Gasteiger partial charge on any atom is -0.483 e. The Balaban J connectivity index is 1.40. The molecule has 0 radical (unpaired) electrons. The fourth-order valence-electron chi connectivity index (χ4n) is 3.50. The van der Waals surface area contributed by atoms with E-state index in [0.717, 1.165) is 16.6 Å². The number of para-hydroxylation sites is 2. The summed E-state index contributed by atoms with van der Waals surface area (Å²) in [6.07, 6.45) is 1.75. The first kappa shape index (κ1) is 20.9. The van der Waals surface area contributed by atoms with Crippen LogP contribution in [0.15, 0.2) is 102 Å². The van der Waals surface area contributed by atoms with E-state index in [4.69, 9.17) is 4.74 Å². The Labute approximate surface area is 195 Å². The number of Topliss-reactive ketones (excluding diaryl/α,β-unsaturated/α-hetero) is 1. The van der Waals surface area contributed by atoms with E-state index in [0.29, 0.717) is 22.3 Å². The molecule has 5 rings (SSSR count). The molecule has 6 nitrogen and oxygen atoms in total. The molecule has 162 valence electrons. The highest BCUT2D eigenvalue weighted by molar-refractivity contribution is 7.99. The lowest BCUT2D eigenvalue weighted by Crippen LogP contribution is -2.08. The number of fused-ring (bicyclic) bond motifs is 1. The maximum Gasteiger partial charge on any atom is 0.196 e. The van der Waals surface area contributed by atoms with Crippen LogP contribution in [0.25, 0.3) is 16.6 Å². The Morgan fingerprint density at radius 2 is 1.61 bits per heavy atom. The van der Waals surface area contributed by atoms with Crippen LogP contribution in [0.5, 0.6) is 5.75 Å². The zero-order valence-corrected chi connectivity index (χ0v) is 18.5. The predicted octanol–water partition coefficient (Wildman–Crippen LogP) is 5.37. The molecule has 5 aromatic rings. The molecule has 0 saturated carbocycles. The maximum atomic E-state index is 12.6. The Morgan fingerprint density at radius 3 is 2.42 bits per heavy atom. The molecule has 0 saturated heterocycles. The molecular weight excluding hydrogens is 432 g/mol. The van der Waals surface area contributed by atoms with Crippen LogP contribution in [-0.2, 0) is 6.61 Å². The highest BCUT2D eigenvalue weighted by Gasteiger charge is 2.17. The molecule has 0 spiro atoms. The third-order valence-corrected chi connectivity index (χ3v) is 6.02. The minimum atomic E-state index is 0.0443. The number of aromatic nitrogens is 4. The van der Waals surface area contributed by atoms with Crippen molar-refractivity contribution in [2.24, 2.45) is 0 Å². The summed E-state index contributed by atoms with van der Waals surface area (Å²) in [7, 11) is 0. The van der Waals surface area contributed by atoms with Gasteiger partial charge in [-0.05, 0) is 24.3 Å². The molecule has 7 heteroatoms. The van der Waals surface area contributed by atoms with Crippen molar-refractivity contribution in [2.45, 2.75) is 11.8 Å². The van der Waals surface area contributed by atoms with Gasteiger partial charge in [-0.15, -0.1) is 10.2 Å². The summed E-state index contributed by atoms with van der Waals surface area (Å²) in [4.78, 5) is 17.0. The van der Waals surface area contributed by atoms with Gasteiger partial charge in [0.1, 0.15) is 17.9 Å². The van der Waals surface area contributed by atoms with E-state index < -0.39 is 0 Å².